The summed E-state index contributed by atoms with van der Waals surface area (Å²) in [5, 5.41) is 11.2. The summed E-state index contributed by atoms with van der Waals surface area (Å²) >= 11 is 0. The van der Waals surface area contributed by atoms with Gasteiger partial charge in [-0.25, -0.2) is 0 Å². The van der Waals surface area contributed by atoms with E-state index in [0.29, 0.717) is 5.69 Å². The molecule has 1 heterocycles. The first-order valence-electron chi connectivity index (χ1n) is 5.65. The molecule has 6 heteroatoms. The first kappa shape index (κ1) is 12.2. The predicted octanol–water partition coefficient (Wildman–Crippen LogP) is 1.58. The fraction of sp³-hybridized carbons (Fsp3) is 0.333. The Morgan fingerprint density at radius 1 is 1.44 bits per heavy atom. The fourth-order valence-corrected chi connectivity index (χ4v) is 1.77. The van der Waals surface area contributed by atoms with E-state index in [1.807, 2.05) is 36.7 Å². The van der Waals surface area contributed by atoms with Gasteiger partial charge < -0.3 is 20.4 Å². The quantitative estimate of drug-likeness (QED) is 0.802. The molecule has 0 saturated carbocycles. The highest BCUT2D eigenvalue weighted by atomic mass is 16.5. The number of aryl methyl sites for hydroxylation is 1. The van der Waals surface area contributed by atoms with Gasteiger partial charge in [0.2, 0.25) is 0 Å². The number of benzene rings is 1. The van der Waals surface area contributed by atoms with Crippen molar-refractivity contribution in [1.82, 2.24) is 14.8 Å². The number of nitrogen functional groups attached to an aromatic ring is 1. The summed E-state index contributed by atoms with van der Waals surface area (Å²) in [6.45, 7) is 2.00. The Bertz CT molecular complexity index is 537. The zero-order valence-electron chi connectivity index (χ0n) is 10.7. The minimum absolute atomic E-state index is 0.00639. The van der Waals surface area contributed by atoms with Crippen LogP contribution in [0.4, 0.5) is 11.4 Å². The molecule has 18 heavy (non-hydrogen) atoms. The number of hydrogen-bond acceptors (Lipinski definition) is 5. The van der Waals surface area contributed by atoms with Crippen LogP contribution >= 0.6 is 0 Å². The molecule has 2 rings (SSSR count). The molecule has 3 N–H and O–H groups in total. The molecule has 0 bridgehead atoms. The van der Waals surface area contributed by atoms with Crippen LogP contribution in [0.15, 0.2) is 24.5 Å². The Hall–Kier alpha value is -2.24. The average molecular weight is 247 g/mol. The lowest BCUT2D eigenvalue weighted by atomic mass is 10.2. The van der Waals surface area contributed by atoms with Gasteiger partial charge in [-0.05, 0) is 19.1 Å². The normalized spacial score (nSPS) is 12.2. The van der Waals surface area contributed by atoms with Crippen LogP contribution in [0.3, 0.4) is 0 Å². The molecule has 0 aliphatic rings. The van der Waals surface area contributed by atoms with Crippen molar-refractivity contribution < 1.29 is 4.74 Å². The molecule has 0 saturated heterocycles. The van der Waals surface area contributed by atoms with Gasteiger partial charge in [0.25, 0.3) is 0 Å². The van der Waals surface area contributed by atoms with Crippen molar-refractivity contribution in [3.8, 4) is 5.75 Å². The van der Waals surface area contributed by atoms with Crippen LogP contribution in [0, 0.1) is 0 Å². The predicted molar refractivity (Wildman–Crippen MR) is 70.4 cm³/mol. The highest BCUT2D eigenvalue weighted by molar-refractivity contribution is 5.68. The minimum atomic E-state index is 0.00639. The number of ether oxygens (including phenoxy) is 1. The molecule has 1 unspecified atom stereocenters. The summed E-state index contributed by atoms with van der Waals surface area (Å²) in [7, 11) is 3.53. The lowest BCUT2D eigenvalue weighted by Gasteiger charge is -2.16. The van der Waals surface area contributed by atoms with E-state index in [2.05, 4.69) is 15.5 Å². The number of rotatable bonds is 4. The second kappa shape index (κ2) is 4.95. The van der Waals surface area contributed by atoms with Gasteiger partial charge in [-0.1, -0.05) is 0 Å². The monoisotopic (exact) mass is 247 g/mol. The van der Waals surface area contributed by atoms with Crippen molar-refractivity contribution in [2.24, 2.45) is 7.05 Å². The molecule has 0 fully saturated rings. The lowest BCUT2D eigenvalue weighted by molar-refractivity contribution is 0.415. The van der Waals surface area contributed by atoms with Gasteiger partial charge in [-0.3, -0.25) is 0 Å². The van der Waals surface area contributed by atoms with Crippen LogP contribution in [0.2, 0.25) is 0 Å². The van der Waals surface area contributed by atoms with Gasteiger partial charge in [0.15, 0.2) is 5.82 Å². The lowest BCUT2D eigenvalue weighted by Crippen LogP contribution is -2.13. The van der Waals surface area contributed by atoms with E-state index in [-0.39, 0.29) is 6.04 Å². The third-order valence-electron chi connectivity index (χ3n) is 2.77. The minimum Gasteiger partial charge on any atom is -0.497 e. The number of nitrogens with one attached hydrogen (secondary N) is 1. The smallest absolute Gasteiger partial charge is 0.154 e. The number of nitrogens with zero attached hydrogens (tertiary/aromatic N) is 3. The van der Waals surface area contributed by atoms with Crippen LogP contribution in [0.25, 0.3) is 0 Å². The van der Waals surface area contributed by atoms with Crippen molar-refractivity contribution in [2.75, 3.05) is 18.2 Å². The van der Waals surface area contributed by atoms with Crippen LogP contribution in [-0.2, 0) is 7.05 Å². The number of methoxy groups -OCH3 is 1. The van der Waals surface area contributed by atoms with Gasteiger partial charge in [-0.15, -0.1) is 10.2 Å². The van der Waals surface area contributed by atoms with Crippen LogP contribution in [0.5, 0.6) is 5.75 Å². The van der Waals surface area contributed by atoms with Crippen molar-refractivity contribution in [3.63, 3.8) is 0 Å². The number of aromatic nitrogens is 3. The van der Waals surface area contributed by atoms with Crippen LogP contribution in [-0.4, -0.2) is 21.9 Å². The topological polar surface area (TPSA) is 78.0 Å². The van der Waals surface area contributed by atoms with Crippen molar-refractivity contribution >= 4 is 11.4 Å². The highest BCUT2D eigenvalue weighted by Crippen LogP contribution is 2.27. The van der Waals surface area contributed by atoms with E-state index < -0.39 is 0 Å². The van der Waals surface area contributed by atoms with Crippen molar-refractivity contribution in [2.45, 2.75) is 13.0 Å². The Labute approximate surface area is 106 Å². The molecule has 0 aliphatic heterocycles. The molecular formula is C12H17N5O. The van der Waals surface area contributed by atoms with E-state index in [0.717, 1.165) is 17.3 Å². The van der Waals surface area contributed by atoms with Crippen molar-refractivity contribution in [3.05, 3.63) is 30.4 Å². The second-order valence-electron chi connectivity index (χ2n) is 4.12. The zero-order chi connectivity index (χ0) is 13.1. The van der Waals surface area contributed by atoms with E-state index in [1.54, 1.807) is 13.4 Å². The maximum atomic E-state index is 5.92. The second-order valence-corrected chi connectivity index (χ2v) is 4.12. The summed E-state index contributed by atoms with van der Waals surface area (Å²) in [4.78, 5) is 0. The fourth-order valence-electron chi connectivity index (χ4n) is 1.77. The Balaban J connectivity index is 2.21. The van der Waals surface area contributed by atoms with E-state index in [9.17, 15) is 0 Å². The van der Waals surface area contributed by atoms with E-state index in [1.165, 1.54) is 0 Å². The van der Waals surface area contributed by atoms with Gasteiger partial charge >= 0.3 is 0 Å². The van der Waals surface area contributed by atoms with Crippen molar-refractivity contribution in [1.29, 1.82) is 0 Å². The largest absolute Gasteiger partial charge is 0.497 e. The first-order chi connectivity index (χ1) is 8.61. The molecule has 1 atom stereocenters. The number of hydrogen-bond donors (Lipinski definition) is 2. The van der Waals surface area contributed by atoms with Gasteiger partial charge in [0.1, 0.15) is 12.1 Å². The van der Waals surface area contributed by atoms with Gasteiger partial charge in [0, 0.05) is 13.1 Å². The summed E-state index contributed by atoms with van der Waals surface area (Å²) in [6, 6.07) is 5.51. The third kappa shape index (κ3) is 2.37. The first-order valence-corrected chi connectivity index (χ1v) is 5.65. The summed E-state index contributed by atoms with van der Waals surface area (Å²) in [6.07, 6.45) is 1.67. The molecule has 1 aromatic heterocycles. The molecule has 2 aromatic rings. The Kier molecular flexibility index (Phi) is 3.36. The molecule has 1 aromatic carbocycles. The summed E-state index contributed by atoms with van der Waals surface area (Å²) in [5.41, 5.74) is 7.42. The third-order valence-corrected chi connectivity index (χ3v) is 2.77. The maximum Gasteiger partial charge on any atom is 0.154 e. The highest BCUT2D eigenvalue weighted by Gasteiger charge is 2.12. The Morgan fingerprint density at radius 2 is 2.22 bits per heavy atom. The van der Waals surface area contributed by atoms with Gasteiger partial charge in [0.05, 0.1) is 24.5 Å². The molecule has 0 radical (unpaired) electrons. The Morgan fingerprint density at radius 3 is 2.83 bits per heavy atom. The SMILES string of the molecule is COc1ccc(N)c(NC(C)c2nncn2C)c1. The maximum absolute atomic E-state index is 5.92. The standard InChI is InChI=1S/C12H17N5O/c1-8(12-16-14-7-17(12)2)15-11-6-9(18-3)4-5-10(11)13/h4-8,15H,13H2,1-3H3. The molecule has 96 valence electrons. The van der Waals surface area contributed by atoms with Crippen LogP contribution < -0.4 is 15.8 Å². The number of nitrogens with two attached hydrogens (primary N) is 1. The molecule has 0 amide bonds. The zero-order valence-corrected chi connectivity index (χ0v) is 10.7. The van der Waals surface area contributed by atoms with Gasteiger partial charge in [-0.2, -0.15) is 0 Å². The average Bonchev–Trinajstić information content (AvgIpc) is 2.78. The molecule has 0 aliphatic carbocycles. The molecule has 0 spiro atoms. The summed E-state index contributed by atoms with van der Waals surface area (Å²) < 4.78 is 7.05. The number of anilines is 2. The molecule has 6 nitrogen and oxygen atoms in total. The van der Waals surface area contributed by atoms with E-state index >= 15 is 0 Å². The van der Waals surface area contributed by atoms with Crippen LogP contribution in [0.1, 0.15) is 18.8 Å². The molecular weight excluding hydrogens is 230 g/mol. The summed E-state index contributed by atoms with van der Waals surface area (Å²) in [5.74, 6) is 1.61. The van der Waals surface area contributed by atoms with E-state index in [4.69, 9.17) is 10.5 Å².